The third-order valence-electron chi connectivity index (χ3n) is 3.05. The van der Waals surface area contributed by atoms with Crippen LogP contribution in [0, 0.1) is 5.92 Å². The van der Waals surface area contributed by atoms with Crippen LogP contribution in [0.5, 0.6) is 0 Å². The summed E-state index contributed by atoms with van der Waals surface area (Å²) in [5.74, 6) is 0.728. The van der Waals surface area contributed by atoms with E-state index in [1.165, 1.54) is 38.8 Å². The van der Waals surface area contributed by atoms with Gasteiger partial charge in [-0.15, -0.1) is 0 Å². The molecule has 0 atom stereocenters. The lowest BCUT2D eigenvalue weighted by Crippen LogP contribution is -2.37. The molecule has 110 valence electrons. The number of hydrogen-bond donors (Lipinski definition) is 1. The molecule has 0 fully saturated rings. The molecule has 0 aromatic heterocycles. The summed E-state index contributed by atoms with van der Waals surface area (Å²) in [6.07, 6.45) is 5.37. The Bertz CT molecular complexity index is 163. The van der Waals surface area contributed by atoms with Gasteiger partial charge in [-0.2, -0.15) is 0 Å². The molecule has 0 radical (unpaired) electrons. The van der Waals surface area contributed by atoms with E-state index in [0.29, 0.717) is 0 Å². The van der Waals surface area contributed by atoms with Crippen molar-refractivity contribution in [2.45, 2.75) is 46.5 Å². The monoisotopic (exact) mass is 258 g/mol. The Balaban J connectivity index is 3.49. The third-order valence-corrected chi connectivity index (χ3v) is 3.05. The number of unbranched alkanes of at least 4 members (excludes halogenated alkanes) is 3. The molecule has 3 heteroatoms. The van der Waals surface area contributed by atoms with Crippen molar-refractivity contribution in [2.24, 2.45) is 5.92 Å². The molecule has 0 aliphatic heterocycles. The van der Waals surface area contributed by atoms with Gasteiger partial charge in [-0.1, -0.05) is 40.0 Å². The zero-order valence-corrected chi connectivity index (χ0v) is 13.0. The van der Waals surface area contributed by atoms with Crippen LogP contribution in [0.4, 0.5) is 0 Å². The Morgan fingerprint density at radius 1 is 1.06 bits per heavy atom. The van der Waals surface area contributed by atoms with E-state index in [1.54, 1.807) is 7.11 Å². The van der Waals surface area contributed by atoms with Crippen LogP contribution >= 0.6 is 0 Å². The fourth-order valence-electron chi connectivity index (χ4n) is 2.07. The molecule has 0 rings (SSSR count). The normalized spacial score (nSPS) is 11.7. The minimum absolute atomic E-state index is 0.728. The predicted molar refractivity (Wildman–Crippen MR) is 80.2 cm³/mol. The van der Waals surface area contributed by atoms with Gasteiger partial charge in [0, 0.05) is 33.3 Å². The number of ether oxygens (including phenoxy) is 1. The molecule has 3 nitrogen and oxygen atoms in total. The van der Waals surface area contributed by atoms with Crippen LogP contribution in [0.15, 0.2) is 0 Å². The summed E-state index contributed by atoms with van der Waals surface area (Å²) in [6.45, 7) is 13.3. The lowest BCUT2D eigenvalue weighted by Gasteiger charge is -2.24. The fourth-order valence-corrected chi connectivity index (χ4v) is 2.07. The van der Waals surface area contributed by atoms with Crippen molar-refractivity contribution in [2.75, 3.05) is 46.4 Å². The van der Waals surface area contributed by atoms with Gasteiger partial charge in [0.2, 0.25) is 0 Å². The minimum atomic E-state index is 0.728. The first kappa shape index (κ1) is 17.9. The SMILES string of the molecule is CCCCCCNCCN(CCOC)CC(C)C. The Morgan fingerprint density at radius 2 is 1.83 bits per heavy atom. The Morgan fingerprint density at radius 3 is 2.44 bits per heavy atom. The molecule has 0 saturated heterocycles. The van der Waals surface area contributed by atoms with Crippen LogP contribution in [-0.2, 0) is 4.74 Å². The van der Waals surface area contributed by atoms with Crippen molar-refractivity contribution in [3.8, 4) is 0 Å². The van der Waals surface area contributed by atoms with Gasteiger partial charge in [0.1, 0.15) is 0 Å². The lowest BCUT2D eigenvalue weighted by molar-refractivity contribution is 0.140. The highest BCUT2D eigenvalue weighted by Crippen LogP contribution is 1.99. The summed E-state index contributed by atoms with van der Waals surface area (Å²) in [7, 11) is 1.78. The largest absolute Gasteiger partial charge is 0.383 e. The molecule has 0 aliphatic rings. The second kappa shape index (κ2) is 13.3. The van der Waals surface area contributed by atoms with Crippen molar-refractivity contribution in [1.29, 1.82) is 0 Å². The zero-order valence-electron chi connectivity index (χ0n) is 13.0. The number of hydrogen-bond acceptors (Lipinski definition) is 3. The molecule has 0 heterocycles. The second-order valence-electron chi connectivity index (χ2n) is 5.50. The van der Waals surface area contributed by atoms with E-state index in [2.05, 4.69) is 31.0 Å². The highest BCUT2D eigenvalue weighted by Gasteiger charge is 2.06. The zero-order chi connectivity index (χ0) is 13.6. The molecule has 0 spiro atoms. The number of nitrogens with one attached hydrogen (secondary N) is 1. The third kappa shape index (κ3) is 12.3. The van der Waals surface area contributed by atoms with Crippen molar-refractivity contribution < 1.29 is 4.74 Å². The summed E-state index contributed by atoms with van der Waals surface area (Å²) < 4.78 is 5.16. The van der Waals surface area contributed by atoms with Crippen LogP contribution in [0.3, 0.4) is 0 Å². The average Bonchev–Trinajstić information content (AvgIpc) is 2.34. The Hall–Kier alpha value is -0.120. The van der Waals surface area contributed by atoms with Crippen molar-refractivity contribution in [3.63, 3.8) is 0 Å². The molecule has 0 bridgehead atoms. The van der Waals surface area contributed by atoms with Crippen LogP contribution in [0.1, 0.15) is 46.5 Å². The standard InChI is InChI=1S/C15H34N2O/c1-5-6-7-8-9-16-10-11-17(12-13-18-4)14-15(2)3/h15-16H,5-14H2,1-4H3. The highest BCUT2D eigenvalue weighted by atomic mass is 16.5. The summed E-state index contributed by atoms with van der Waals surface area (Å²) in [5.41, 5.74) is 0. The van der Waals surface area contributed by atoms with E-state index in [1.807, 2.05) is 0 Å². The van der Waals surface area contributed by atoms with E-state index in [4.69, 9.17) is 4.74 Å². The first-order valence-electron chi connectivity index (χ1n) is 7.62. The van der Waals surface area contributed by atoms with Gasteiger partial charge in [-0.25, -0.2) is 0 Å². The molecule has 0 aliphatic carbocycles. The Labute approximate surface area is 114 Å². The Kier molecular flexibility index (Phi) is 13.2. The number of nitrogens with zero attached hydrogens (tertiary/aromatic N) is 1. The van der Waals surface area contributed by atoms with Crippen molar-refractivity contribution >= 4 is 0 Å². The molecular weight excluding hydrogens is 224 g/mol. The molecule has 0 aromatic carbocycles. The van der Waals surface area contributed by atoms with Crippen LogP contribution in [0.2, 0.25) is 0 Å². The minimum Gasteiger partial charge on any atom is -0.383 e. The number of methoxy groups -OCH3 is 1. The molecule has 0 saturated carbocycles. The van der Waals surface area contributed by atoms with Gasteiger partial charge in [0.15, 0.2) is 0 Å². The van der Waals surface area contributed by atoms with Gasteiger partial charge in [0.05, 0.1) is 6.61 Å². The van der Waals surface area contributed by atoms with Crippen molar-refractivity contribution in [1.82, 2.24) is 10.2 Å². The van der Waals surface area contributed by atoms with Gasteiger partial charge >= 0.3 is 0 Å². The average molecular weight is 258 g/mol. The van der Waals surface area contributed by atoms with Gasteiger partial charge in [-0.3, -0.25) is 4.90 Å². The molecular formula is C15H34N2O. The maximum absolute atomic E-state index is 5.16. The van der Waals surface area contributed by atoms with E-state index >= 15 is 0 Å². The number of rotatable bonds is 13. The van der Waals surface area contributed by atoms with Gasteiger partial charge in [-0.05, 0) is 18.9 Å². The summed E-state index contributed by atoms with van der Waals surface area (Å²) in [4.78, 5) is 2.49. The molecule has 0 amide bonds. The second-order valence-corrected chi connectivity index (χ2v) is 5.50. The van der Waals surface area contributed by atoms with E-state index in [-0.39, 0.29) is 0 Å². The van der Waals surface area contributed by atoms with Crippen molar-refractivity contribution in [3.05, 3.63) is 0 Å². The molecule has 0 aromatic rings. The van der Waals surface area contributed by atoms with Gasteiger partial charge < -0.3 is 10.1 Å². The smallest absolute Gasteiger partial charge is 0.0589 e. The van der Waals surface area contributed by atoms with Crippen LogP contribution in [-0.4, -0.2) is 51.3 Å². The van der Waals surface area contributed by atoms with Crippen LogP contribution < -0.4 is 5.32 Å². The van der Waals surface area contributed by atoms with E-state index in [0.717, 1.165) is 32.2 Å². The fraction of sp³-hybridized carbons (Fsp3) is 1.00. The topological polar surface area (TPSA) is 24.5 Å². The lowest BCUT2D eigenvalue weighted by atomic mass is 10.2. The van der Waals surface area contributed by atoms with E-state index in [9.17, 15) is 0 Å². The molecule has 1 N–H and O–H groups in total. The summed E-state index contributed by atoms with van der Waals surface area (Å²) >= 11 is 0. The molecule has 0 unspecified atom stereocenters. The first-order chi connectivity index (χ1) is 8.70. The predicted octanol–water partition coefficient (Wildman–Crippen LogP) is 2.76. The molecule has 18 heavy (non-hydrogen) atoms. The maximum Gasteiger partial charge on any atom is 0.0589 e. The highest BCUT2D eigenvalue weighted by molar-refractivity contribution is 4.62. The first-order valence-corrected chi connectivity index (χ1v) is 7.62. The summed E-state index contributed by atoms with van der Waals surface area (Å²) in [6, 6.07) is 0. The quantitative estimate of drug-likeness (QED) is 0.514. The van der Waals surface area contributed by atoms with Gasteiger partial charge in [0.25, 0.3) is 0 Å². The maximum atomic E-state index is 5.16. The summed E-state index contributed by atoms with van der Waals surface area (Å²) in [5, 5.41) is 3.54. The van der Waals surface area contributed by atoms with E-state index < -0.39 is 0 Å². The van der Waals surface area contributed by atoms with Crippen LogP contribution in [0.25, 0.3) is 0 Å².